The van der Waals surface area contributed by atoms with Gasteiger partial charge in [-0.3, -0.25) is 4.79 Å². The minimum Gasteiger partial charge on any atom is -0.478 e. The van der Waals surface area contributed by atoms with E-state index in [9.17, 15) is 9.59 Å². The van der Waals surface area contributed by atoms with Crippen LogP contribution in [0.1, 0.15) is 13.8 Å². The highest BCUT2D eigenvalue weighted by Gasteiger charge is 2.13. The highest BCUT2D eigenvalue weighted by Crippen LogP contribution is 1.93. The van der Waals surface area contributed by atoms with E-state index in [1.807, 2.05) is 0 Å². The second-order valence-electron chi connectivity index (χ2n) is 2.72. The number of hydrogen-bond acceptors (Lipinski definition) is 3. The molecule has 0 saturated carbocycles. The predicted octanol–water partition coefficient (Wildman–Crippen LogP) is -0.528. The van der Waals surface area contributed by atoms with Crippen molar-refractivity contribution < 1.29 is 19.8 Å². The van der Waals surface area contributed by atoms with E-state index in [4.69, 9.17) is 10.2 Å². The first kappa shape index (κ1) is 10.6. The third-order valence-electron chi connectivity index (χ3n) is 0.806. The lowest BCUT2D eigenvalue weighted by atomic mass is 10.3. The van der Waals surface area contributed by atoms with Gasteiger partial charge in [0.25, 0.3) is 0 Å². The molecule has 0 radical (unpaired) electrons. The Morgan fingerprint density at radius 1 is 1.33 bits per heavy atom. The molecule has 3 N–H and O–H groups in total. The molecule has 0 heterocycles. The number of aliphatic hydroxyl groups is 1. The Morgan fingerprint density at radius 3 is 2.17 bits per heavy atom. The zero-order valence-corrected chi connectivity index (χ0v) is 6.87. The van der Waals surface area contributed by atoms with Gasteiger partial charge in [-0.2, -0.15) is 0 Å². The van der Waals surface area contributed by atoms with Gasteiger partial charge in [-0.1, -0.05) is 0 Å². The first-order chi connectivity index (χ1) is 5.31. The summed E-state index contributed by atoms with van der Waals surface area (Å²) >= 11 is 0. The van der Waals surface area contributed by atoms with E-state index >= 15 is 0 Å². The van der Waals surface area contributed by atoms with Gasteiger partial charge in [-0.15, -0.1) is 0 Å². The molecule has 1 amide bonds. The zero-order chi connectivity index (χ0) is 9.78. The summed E-state index contributed by atoms with van der Waals surface area (Å²) in [4.78, 5) is 20.7. The summed E-state index contributed by atoms with van der Waals surface area (Å²) in [5.41, 5.74) is -1.33. The SMILES string of the molecule is CC(C)(O)NC(=O)/C=C\C(=O)O. The van der Waals surface area contributed by atoms with Crippen molar-refractivity contribution in [1.29, 1.82) is 0 Å². The van der Waals surface area contributed by atoms with Gasteiger partial charge in [0.2, 0.25) is 5.91 Å². The summed E-state index contributed by atoms with van der Waals surface area (Å²) < 4.78 is 0. The summed E-state index contributed by atoms with van der Waals surface area (Å²) in [6, 6.07) is 0. The Morgan fingerprint density at radius 2 is 1.83 bits per heavy atom. The van der Waals surface area contributed by atoms with Crippen molar-refractivity contribution in [3.63, 3.8) is 0 Å². The van der Waals surface area contributed by atoms with Gasteiger partial charge in [0.1, 0.15) is 5.72 Å². The molecule has 0 unspecified atom stereocenters. The summed E-state index contributed by atoms with van der Waals surface area (Å²) in [6.07, 6.45) is 1.53. The highest BCUT2D eigenvalue weighted by atomic mass is 16.4. The predicted molar refractivity (Wildman–Crippen MR) is 41.2 cm³/mol. The van der Waals surface area contributed by atoms with Crippen LogP contribution in [0.2, 0.25) is 0 Å². The number of carboxylic acid groups (broad SMARTS) is 1. The van der Waals surface area contributed by atoms with Crippen LogP contribution in [0.4, 0.5) is 0 Å². The highest BCUT2D eigenvalue weighted by molar-refractivity contribution is 5.94. The summed E-state index contributed by atoms with van der Waals surface area (Å²) in [5.74, 6) is -1.86. The molecule has 0 aliphatic rings. The van der Waals surface area contributed by atoms with Gasteiger partial charge >= 0.3 is 5.97 Å². The lowest BCUT2D eigenvalue weighted by Crippen LogP contribution is -2.42. The molecule has 12 heavy (non-hydrogen) atoms. The fraction of sp³-hybridized carbons (Fsp3) is 0.429. The van der Waals surface area contributed by atoms with Gasteiger partial charge in [-0.25, -0.2) is 4.79 Å². The van der Waals surface area contributed by atoms with Crippen LogP contribution < -0.4 is 5.32 Å². The van der Waals surface area contributed by atoms with E-state index in [1.54, 1.807) is 0 Å². The third-order valence-corrected chi connectivity index (χ3v) is 0.806. The van der Waals surface area contributed by atoms with E-state index in [-0.39, 0.29) is 0 Å². The average molecular weight is 173 g/mol. The lowest BCUT2D eigenvalue weighted by molar-refractivity contribution is -0.132. The maximum atomic E-state index is 10.7. The van der Waals surface area contributed by atoms with Crippen LogP contribution in [-0.4, -0.2) is 27.8 Å². The van der Waals surface area contributed by atoms with E-state index in [0.29, 0.717) is 6.08 Å². The Balaban J connectivity index is 3.99. The summed E-state index contributed by atoms with van der Waals surface area (Å²) in [7, 11) is 0. The Hall–Kier alpha value is -1.36. The van der Waals surface area contributed by atoms with Crippen LogP contribution in [0.5, 0.6) is 0 Å². The minimum atomic E-state index is -1.33. The molecule has 0 bridgehead atoms. The maximum Gasteiger partial charge on any atom is 0.328 e. The van der Waals surface area contributed by atoms with Crippen LogP contribution in [0.15, 0.2) is 12.2 Å². The number of carboxylic acids is 1. The lowest BCUT2D eigenvalue weighted by Gasteiger charge is -2.17. The van der Waals surface area contributed by atoms with Gasteiger partial charge in [0, 0.05) is 12.2 Å². The maximum absolute atomic E-state index is 10.7. The molecule has 0 rings (SSSR count). The molecule has 0 aromatic rings. The molecule has 5 heteroatoms. The summed E-state index contributed by atoms with van der Waals surface area (Å²) in [5, 5.41) is 19.3. The Labute approximate surface area is 69.7 Å². The standard InChI is InChI=1S/C7H11NO4/c1-7(2,12)8-5(9)3-4-6(10)11/h3-4,12H,1-2H3,(H,8,9)(H,10,11)/b4-3-. The van der Waals surface area contributed by atoms with Crippen molar-refractivity contribution in [1.82, 2.24) is 5.32 Å². The minimum absolute atomic E-state index is 0.648. The first-order valence-corrected chi connectivity index (χ1v) is 3.27. The summed E-state index contributed by atoms with van der Waals surface area (Å²) in [6.45, 7) is 2.75. The fourth-order valence-corrected chi connectivity index (χ4v) is 0.490. The first-order valence-electron chi connectivity index (χ1n) is 3.27. The second kappa shape index (κ2) is 3.87. The molecule has 0 fully saturated rings. The fourth-order valence-electron chi connectivity index (χ4n) is 0.490. The van der Waals surface area contributed by atoms with E-state index in [0.717, 1.165) is 6.08 Å². The Kier molecular flexibility index (Phi) is 3.43. The number of amides is 1. The number of carbonyl (C=O) groups is 2. The third kappa shape index (κ3) is 6.76. The molecule has 0 saturated heterocycles. The molecule has 0 aliphatic heterocycles. The molecule has 0 spiro atoms. The van der Waals surface area contributed by atoms with Crippen molar-refractivity contribution >= 4 is 11.9 Å². The van der Waals surface area contributed by atoms with Crippen molar-refractivity contribution in [3.8, 4) is 0 Å². The quantitative estimate of drug-likeness (QED) is 0.395. The van der Waals surface area contributed by atoms with Crippen molar-refractivity contribution in [2.45, 2.75) is 19.6 Å². The van der Waals surface area contributed by atoms with Gasteiger partial charge in [0.05, 0.1) is 0 Å². The number of aliphatic carboxylic acids is 1. The molecule has 0 aromatic heterocycles. The smallest absolute Gasteiger partial charge is 0.328 e. The molecule has 0 aliphatic carbocycles. The molecule has 0 aromatic carbocycles. The van der Waals surface area contributed by atoms with E-state index in [2.05, 4.69) is 5.32 Å². The number of rotatable bonds is 3. The van der Waals surface area contributed by atoms with Crippen molar-refractivity contribution in [2.75, 3.05) is 0 Å². The largest absolute Gasteiger partial charge is 0.478 e. The number of nitrogens with one attached hydrogen (secondary N) is 1. The van der Waals surface area contributed by atoms with E-state index in [1.165, 1.54) is 13.8 Å². The zero-order valence-electron chi connectivity index (χ0n) is 6.87. The van der Waals surface area contributed by atoms with Gasteiger partial charge < -0.3 is 15.5 Å². The van der Waals surface area contributed by atoms with Gasteiger partial charge in [-0.05, 0) is 13.8 Å². The van der Waals surface area contributed by atoms with Crippen molar-refractivity contribution in [3.05, 3.63) is 12.2 Å². The number of hydrogen-bond donors (Lipinski definition) is 3. The van der Waals surface area contributed by atoms with Crippen LogP contribution in [-0.2, 0) is 9.59 Å². The van der Waals surface area contributed by atoms with Gasteiger partial charge in [0.15, 0.2) is 0 Å². The van der Waals surface area contributed by atoms with Crippen molar-refractivity contribution in [2.24, 2.45) is 0 Å². The van der Waals surface area contributed by atoms with Crippen LogP contribution >= 0.6 is 0 Å². The average Bonchev–Trinajstić information content (AvgIpc) is 1.79. The molecule has 0 atom stereocenters. The molecule has 68 valence electrons. The monoisotopic (exact) mass is 173 g/mol. The molecular weight excluding hydrogens is 162 g/mol. The van der Waals surface area contributed by atoms with Crippen LogP contribution in [0.25, 0.3) is 0 Å². The second-order valence-corrected chi connectivity index (χ2v) is 2.72. The normalized spacial score (nSPS) is 11.6. The van der Waals surface area contributed by atoms with Crippen LogP contribution in [0.3, 0.4) is 0 Å². The van der Waals surface area contributed by atoms with Crippen LogP contribution in [0, 0.1) is 0 Å². The molecular formula is C7H11NO4. The number of carbonyl (C=O) groups excluding carboxylic acids is 1. The molecule has 5 nitrogen and oxygen atoms in total. The van der Waals surface area contributed by atoms with E-state index < -0.39 is 17.6 Å². The Bertz CT molecular complexity index is 214. The topological polar surface area (TPSA) is 86.6 Å².